The van der Waals surface area contributed by atoms with Crippen LogP contribution in [0.3, 0.4) is 0 Å². The third-order valence-electron chi connectivity index (χ3n) is 3.47. The molecular formula is C20H19BrO4. The van der Waals surface area contributed by atoms with Gasteiger partial charge >= 0.3 is 5.97 Å². The lowest BCUT2D eigenvalue weighted by molar-refractivity contribution is 0.0498. The summed E-state index contributed by atoms with van der Waals surface area (Å²) in [6, 6.07) is 16.0. The van der Waals surface area contributed by atoms with E-state index >= 15 is 0 Å². The third-order valence-corrected chi connectivity index (χ3v) is 3.98. The Morgan fingerprint density at radius 1 is 1.00 bits per heavy atom. The van der Waals surface area contributed by atoms with E-state index in [1.54, 1.807) is 47.4 Å². The zero-order chi connectivity index (χ0) is 17.9. The normalized spacial score (nSPS) is 11.0. The first kappa shape index (κ1) is 18.9. The molecule has 0 aliphatic heterocycles. The summed E-state index contributed by atoms with van der Waals surface area (Å²) in [7, 11) is 0. The number of carbonyl (C=O) groups is 2. The Morgan fingerprint density at radius 3 is 2.44 bits per heavy atom. The van der Waals surface area contributed by atoms with Crippen LogP contribution in [0.4, 0.5) is 0 Å². The monoisotopic (exact) mass is 402 g/mol. The van der Waals surface area contributed by atoms with Crippen LogP contribution >= 0.6 is 15.9 Å². The third kappa shape index (κ3) is 6.19. The van der Waals surface area contributed by atoms with Gasteiger partial charge in [0, 0.05) is 11.4 Å². The number of aldehydes is 1. The van der Waals surface area contributed by atoms with E-state index in [0.29, 0.717) is 35.7 Å². The van der Waals surface area contributed by atoms with Crippen molar-refractivity contribution in [2.75, 3.05) is 6.61 Å². The number of hydrogen-bond donors (Lipinski definition) is 0. The topological polar surface area (TPSA) is 52.6 Å². The second kappa shape index (κ2) is 10.5. The highest BCUT2D eigenvalue weighted by Gasteiger charge is 2.07. The molecule has 25 heavy (non-hydrogen) atoms. The van der Waals surface area contributed by atoms with Gasteiger partial charge in [0.25, 0.3) is 0 Å². The van der Waals surface area contributed by atoms with Crippen LogP contribution in [0, 0.1) is 0 Å². The Morgan fingerprint density at radius 2 is 1.72 bits per heavy atom. The van der Waals surface area contributed by atoms with Crippen LogP contribution in [-0.4, -0.2) is 18.9 Å². The van der Waals surface area contributed by atoms with Gasteiger partial charge in [-0.15, -0.1) is 0 Å². The highest BCUT2D eigenvalue weighted by Crippen LogP contribution is 2.21. The van der Waals surface area contributed by atoms with Crippen LogP contribution in [-0.2, 0) is 4.74 Å². The van der Waals surface area contributed by atoms with Crippen molar-refractivity contribution in [1.82, 2.24) is 0 Å². The Hall–Kier alpha value is -2.40. The van der Waals surface area contributed by atoms with E-state index in [4.69, 9.17) is 9.47 Å². The number of carbonyl (C=O) groups excluding carboxylic acids is 2. The van der Waals surface area contributed by atoms with Gasteiger partial charge in [0.2, 0.25) is 0 Å². The van der Waals surface area contributed by atoms with Crippen LogP contribution < -0.4 is 4.74 Å². The maximum absolute atomic E-state index is 11.8. The molecule has 0 unspecified atom stereocenters. The van der Waals surface area contributed by atoms with Crippen molar-refractivity contribution in [2.45, 2.75) is 19.3 Å². The van der Waals surface area contributed by atoms with Gasteiger partial charge in [-0.25, -0.2) is 4.79 Å². The van der Waals surface area contributed by atoms with Gasteiger partial charge in [-0.1, -0.05) is 46.3 Å². The molecule has 0 radical (unpaired) electrons. The first-order valence-corrected chi connectivity index (χ1v) is 8.89. The first-order valence-electron chi connectivity index (χ1n) is 7.98. The van der Waals surface area contributed by atoms with Gasteiger partial charge in [-0.3, -0.25) is 4.79 Å². The maximum Gasteiger partial charge on any atom is 0.338 e. The van der Waals surface area contributed by atoms with Crippen molar-refractivity contribution in [1.29, 1.82) is 0 Å². The number of halogens is 1. The van der Waals surface area contributed by atoms with Crippen molar-refractivity contribution >= 4 is 28.2 Å². The largest absolute Gasteiger partial charge is 0.462 e. The number of benzene rings is 2. The predicted octanol–water partition coefficient (Wildman–Crippen LogP) is 5.14. The molecule has 4 nitrogen and oxygen atoms in total. The van der Waals surface area contributed by atoms with Crippen LogP contribution in [0.25, 0.3) is 0 Å². The zero-order valence-corrected chi connectivity index (χ0v) is 15.3. The number of para-hydroxylation sites is 1. The summed E-state index contributed by atoms with van der Waals surface area (Å²) in [6.45, 7) is 0.355. The van der Waals surface area contributed by atoms with E-state index < -0.39 is 0 Å². The van der Waals surface area contributed by atoms with Gasteiger partial charge < -0.3 is 9.47 Å². The van der Waals surface area contributed by atoms with Crippen molar-refractivity contribution in [2.24, 2.45) is 0 Å². The van der Waals surface area contributed by atoms with Gasteiger partial charge in [-0.05, 0) is 37.1 Å². The van der Waals surface area contributed by atoms with E-state index in [1.165, 1.54) is 0 Å². The van der Waals surface area contributed by atoms with Crippen molar-refractivity contribution in [3.05, 3.63) is 76.5 Å². The summed E-state index contributed by atoms with van der Waals surface area (Å²) in [5.41, 5.74) is 1.06. The Kier molecular flexibility index (Phi) is 7.92. The molecule has 0 aliphatic rings. The molecule has 0 saturated carbocycles. The number of ether oxygens (including phenoxy) is 2. The number of rotatable bonds is 9. The SMILES string of the molecule is O=Cc1ccccc1O/C(=C\Br)CCCCOC(=O)c1ccccc1. The maximum atomic E-state index is 11.8. The fourth-order valence-electron chi connectivity index (χ4n) is 2.16. The summed E-state index contributed by atoms with van der Waals surface area (Å²) < 4.78 is 11.0. The summed E-state index contributed by atoms with van der Waals surface area (Å²) in [5, 5.41) is 0. The average Bonchev–Trinajstić information content (AvgIpc) is 2.67. The van der Waals surface area contributed by atoms with E-state index in [1.807, 2.05) is 12.1 Å². The lowest BCUT2D eigenvalue weighted by Gasteiger charge is -2.11. The standard InChI is InChI=1S/C20H19BrO4/c21-14-18(25-19-12-5-4-10-17(19)15-22)11-6-7-13-24-20(23)16-8-2-1-3-9-16/h1-5,8-10,12,14-15H,6-7,11,13H2/b18-14-. The molecule has 0 amide bonds. The van der Waals surface area contributed by atoms with Crippen LogP contribution in [0.15, 0.2) is 65.3 Å². The zero-order valence-electron chi connectivity index (χ0n) is 13.7. The minimum absolute atomic E-state index is 0.312. The predicted molar refractivity (Wildman–Crippen MR) is 100 cm³/mol. The first-order chi connectivity index (χ1) is 12.2. The Balaban J connectivity index is 1.73. The number of esters is 1. The second-order valence-corrected chi connectivity index (χ2v) is 5.75. The average molecular weight is 403 g/mol. The Bertz CT molecular complexity index is 725. The smallest absolute Gasteiger partial charge is 0.338 e. The molecule has 0 N–H and O–H groups in total. The van der Waals surface area contributed by atoms with E-state index in [2.05, 4.69) is 15.9 Å². The van der Waals surface area contributed by atoms with Gasteiger partial charge in [0.1, 0.15) is 11.5 Å². The van der Waals surface area contributed by atoms with Crippen molar-refractivity contribution in [3.8, 4) is 5.75 Å². The van der Waals surface area contributed by atoms with Crippen molar-refractivity contribution in [3.63, 3.8) is 0 Å². The van der Waals surface area contributed by atoms with Gasteiger partial charge in [0.15, 0.2) is 6.29 Å². The molecule has 0 fully saturated rings. The van der Waals surface area contributed by atoms with Gasteiger partial charge in [-0.2, -0.15) is 0 Å². The summed E-state index contributed by atoms with van der Waals surface area (Å²) >= 11 is 3.28. The molecule has 0 bridgehead atoms. The van der Waals surface area contributed by atoms with Crippen LogP contribution in [0.2, 0.25) is 0 Å². The molecule has 0 spiro atoms. The Labute approximate surface area is 155 Å². The fourth-order valence-corrected chi connectivity index (χ4v) is 2.49. The lowest BCUT2D eigenvalue weighted by atomic mass is 10.2. The molecule has 0 aromatic heterocycles. The summed E-state index contributed by atoms with van der Waals surface area (Å²) in [4.78, 5) is 24.5. The second-order valence-electron chi connectivity index (χ2n) is 5.29. The summed E-state index contributed by atoms with van der Waals surface area (Å²) in [6.07, 6.45) is 2.95. The minimum atomic E-state index is -0.312. The molecule has 0 atom stereocenters. The number of hydrogen-bond acceptors (Lipinski definition) is 4. The molecule has 2 aromatic rings. The molecular weight excluding hydrogens is 384 g/mol. The van der Waals surface area contributed by atoms with E-state index in [0.717, 1.165) is 19.1 Å². The molecule has 0 saturated heterocycles. The van der Waals surface area contributed by atoms with E-state index in [-0.39, 0.29) is 5.97 Å². The van der Waals surface area contributed by atoms with Crippen LogP contribution in [0.1, 0.15) is 40.0 Å². The molecule has 5 heteroatoms. The number of unbranched alkanes of at least 4 members (excludes halogenated alkanes) is 1. The molecule has 2 rings (SSSR count). The highest BCUT2D eigenvalue weighted by molar-refractivity contribution is 9.11. The minimum Gasteiger partial charge on any atom is -0.462 e. The van der Waals surface area contributed by atoms with E-state index in [9.17, 15) is 9.59 Å². The number of allylic oxidation sites excluding steroid dienone is 1. The highest BCUT2D eigenvalue weighted by atomic mass is 79.9. The molecule has 130 valence electrons. The van der Waals surface area contributed by atoms with Gasteiger partial charge in [0.05, 0.1) is 17.7 Å². The molecule has 0 aliphatic carbocycles. The quantitative estimate of drug-likeness (QED) is 0.252. The van der Waals surface area contributed by atoms with Crippen molar-refractivity contribution < 1.29 is 19.1 Å². The summed E-state index contributed by atoms with van der Waals surface area (Å²) in [5.74, 6) is 0.926. The van der Waals surface area contributed by atoms with Crippen LogP contribution in [0.5, 0.6) is 5.75 Å². The fraction of sp³-hybridized carbons (Fsp3) is 0.200. The lowest BCUT2D eigenvalue weighted by Crippen LogP contribution is -2.06. The molecule has 2 aromatic carbocycles. The molecule has 0 heterocycles.